The fraction of sp³-hybridized carbons (Fsp3) is 0.733. The van der Waals surface area contributed by atoms with E-state index in [9.17, 15) is 9.59 Å². The van der Waals surface area contributed by atoms with Crippen molar-refractivity contribution < 1.29 is 28.5 Å². The molecule has 0 spiro atoms. The first-order valence-corrected chi connectivity index (χ1v) is 9.11. The second kappa shape index (κ2) is 14.9. The highest BCUT2D eigenvalue weighted by atomic mass is 32.2. The van der Waals surface area contributed by atoms with Gasteiger partial charge in [0.2, 0.25) is 5.75 Å². The van der Waals surface area contributed by atoms with Crippen LogP contribution in [-0.4, -0.2) is 68.8 Å². The van der Waals surface area contributed by atoms with Gasteiger partial charge in [-0.05, 0) is 24.7 Å². The van der Waals surface area contributed by atoms with Crippen molar-refractivity contribution in [1.29, 1.82) is 0 Å². The summed E-state index contributed by atoms with van der Waals surface area (Å²) in [4.78, 5) is 22.2. The summed E-state index contributed by atoms with van der Waals surface area (Å²) in [5, 5.41) is 0. The Labute approximate surface area is 135 Å². The lowest BCUT2D eigenvalue weighted by Crippen LogP contribution is -2.23. The molecule has 0 bridgehead atoms. The SMILES string of the molecule is C=CC(=O)OCCOCCOCCOC(=O)C[S+](CC)CC. The number of ether oxygens (including phenoxy) is 4. The summed E-state index contributed by atoms with van der Waals surface area (Å²) in [6, 6.07) is 0. The van der Waals surface area contributed by atoms with Crippen molar-refractivity contribution in [3.8, 4) is 0 Å². The highest BCUT2D eigenvalue weighted by Gasteiger charge is 2.18. The van der Waals surface area contributed by atoms with Gasteiger partial charge >= 0.3 is 11.9 Å². The summed E-state index contributed by atoms with van der Waals surface area (Å²) in [5.41, 5.74) is 0. The van der Waals surface area contributed by atoms with Gasteiger partial charge in [-0.3, -0.25) is 0 Å². The topological polar surface area (TPSA) is 71.1 Å². The van der Waals surface area contributed by atoms with Gasteiger partial charge in [-0.25, -0.2) is 9.59 Å². The number of rotatable bonds is 14. The Bertz CT molecular complexity index is 317. The van der Waals surface area contributed by atoms with E-state index < -0.39 is 5.97 Å². The number of esters is 2. The minimum Gasteiger partial charge on any atom is -0.460 e. The van der Waals surface area contributed by atoms with Crippen LogP contribution in [0.2, 0.25) is 0 Å². The van der Waals surface area contributed by atoms with E-state index in [0.717, 1.165) is 17.6 Å². The van der Waals surface area contributed by atoms with Crippen molar-refractivity contribution in [1.82, 2.24) is 0 Å². The number of carbonyl (C=O) groups excluding carboxylic acids is 2. The Morgan fingerprint density at radius 3 is 1.91 bits per heavy atom. The largest absolute Gasteiger partial charge is 0.460 e. The van der Waals surface area contributed by atoms with Crippen LogP contribution >= 0.6 is 0 Å². The Hall–Kier alpha value is -1.05. The van der Waals surface area contributed by atoms with E-state index in [0.29, 0.717) is 32.2 Å². The zero-order chi connectivity index (χ0) is 16.6. The van der Waals surface area contributed by atoms with Gasteiger partial charge in [0, 0.05) is 6.08 Å². The maximum absolute atomic E-state index is 11.5. The highest BCUT2D eigenvalue weighted by molar-refractivity contribution is 7.97. The van der Waals surface area contributed by atoms with Crippen LogP contribution in [0.1, 0.15) is 13.8 Å². The fourth-order valence-corrected chi connectivity index (χ4v) is 2.65. The molecule has 0 heterocycles. The molecule has 0 saturated heterocycles. The van der Waals surface area contributed by atoms with Gasteiger partial charge in [0.05, 0.1) is 26.4 Å². The van der Waals surface area contributed by atoms with E-state index in [-0.39, 0.29) is 30.1 Å². The predicted octanol–water partition coefficient (Wildman–Crippen LogP) is 0.950. The van der Waals surface area contributed by atoms with Crippen LogP contribution in [0, 0.1) is 0 Å². The second-order valence-electron chi connectivity index (χ2n) is 4.15. The summed E-state index contributed by atoms with van der Waals surface area (Å²) in [6.45, 7) is 9.38. The first-order chi connectivity index (χ1) is 10.6. The third-order valence-electron chi connectivity index (χ3n) is 2.64. The van der Waals surface area contributed by atoms with Crippen molar-refractivity contribution >= 4 is 22.8 Å². The molecule has 0 aromatic carbocycles. The number of carbonyl (C=O) groups is 2. The standard InChI is InChI=1S/C15H27O6S/c1-4-14(16)20-11-9-18-7-8-19-10-12-21-15(17)13-22(5-2)6-3/h4H,1,5-13H2,2-3H3/q+1. The molecule has 0 rings (SSSR count). The van der Waals surface area contributed by atoms with Gasteiger partial charge in [-0.15, -0.1) is 0 Å². The lowest BCUT2D eigenvalue weighted by Gasteiger charge is -2.07. The average Bonchev–Trinajstić information content (AvgIpc) is 2.53. The summed E-state index contributed by atoms with van der Waals surface area (Å²) >= 11 is 0. The van der Waals surface area contributed by atoms with Gasteiger partial charge in [0.1, 0.15) is 24.7 Å². The van der Waals surface area contributed by atoms with Crippen LogP contribution in [0.5, 0.6) is 0 Å². The lowest BCUT2D eigenvalue weighted by molar-refractivity contribution is -0.142. The van der Waals surface area contributed by atoms with E-state index in [1.54, 1.807) is 0 Å². The van der Waals surface area contributed by atoms with E-state index in [4.69, 9.17) is 18.9 Å². The molecule has 7 heteroatoms. The second-order valence-corrected chi connectivity index (χ2v) is 6.82. The normalized spacial score (nSPS) is 10.5. The molecule has 0 aliphatic heterocycles. The average molecular weight is 335 g/mol. The molecule has 22 heavy (non-hydrogen) atoms. The molecule has 0 unspecified atom stereocenters. The maximum atomic E-state index is 11.5. The Balaban J connectivity index is 3.31. The molecule has 0 N–H and O–H groups in total. The zero-order valence-electron chi connectivity index (χ0n) is 13.5. The lowest BCUT2D eigenvalue weighted by atomic mass is 10.6. The Kier molecular flexibility index (Phi) is 14.2. The first-order valence-electron chi connectivity index (χ1n) is 7.38. The number of hydrogen-bond acceptors (Lipinski definition) is 6. The summed E-state index contributed by atoms with van der Waals surface area (Å²) < 4.78 is 20.3. The van der Waals surface area contributed by atoms with Crippen LogP contribution in [0.4, 0.5) is 0 Å². The van der Waals surface area contributed by atoms with E-state index in [1.165, 1.54) is 0 Å². The van der Waals surface area contributed by atoms with Crippen LogP contribution in [0.3, 0.4) is 0 Å². The van der Waals surface area contributed by atoms with Gasteiger partial charge < -0.3 is 18.9 Å². The summed E-state index contributed by atoms with van der Waals surface area (Å²) in [7, 11) is 0.136. The molecule has 0 radical (unpaired) electrons. The molecule has 0 aliphatic carbocycles. The van der Waals surface area contributed by atoms with Crippen LogP contribution in [0.15, 0.2) is 12.7 Å². The van der Waals surface area contributed by atoms with Crippen LogP contribution < -0.4 is 0 Å². The molecule has 0 aliphatic rings. The first kappa shape index (κ1) is 20.9. The molecule has 0 atom stereocenters. The maximum Gasteiger partial charge on any atom is 0.356 e. The van der Waals surface area contributed by atoms with Crippen LogP contribution in [0.25, 0.3) is 0 Å². The zero-order valence-corrected chi connectivity index (χ0v) is 14.3. The Morgan fingerprint density at radius 2 is 1.41 bits per heavy atom. The summed E-state index contributed by atoms with van der Waals surface area (Å²) in [5.74, 6) is 1.91. The van der Waals surface area contributed by atoms with Crippen molar-refractivity contribution in [3.63, 3.8) is 0 Å². The van der Waals surface area contributed by atoms with Crippen molar-refractivity contribution in [2.75, 3.05) is 56.9 Å². The third kappa shape index (κ3) is 12.7. The molecule has 0 aromatic heterocycles. The van der Waals surface area contributed by atoms with Gasteiger partial charge in [-0.1, -0.05) is 6.58 Å². The molecule has 0 amide bonds. The minimum atomic E-state index is -0.462. The number of hydrogen-bond donors (Lipinski definition) is 0. The van der Waals surface area contributed by atoms with Gasteiger partial charge in [-0.2, -0.15) is 0 Å². The van der Waals surface area contributed by atoms with E-state index in [1.807, 2.05) is 0 Å². The Morgan fingerprint density at radius 1 is 0.909 bits per heavy atom. The molecular weight excluding hydrogens is 308 g/mol. The molecule has 0 saturated carbocycles. The monoisotopic (exact) mass is 335 g/mol. The van der Waals surface area contributed by atoms with Gasteiger partial charge in [0.25, 0.3) is 0 Å². The highest BCUT2D eigenvalue weighted by Crippen LogP contribution is 1.97. The molecule has 0 aromatic rings. The summed E-state index contributed by atoms with van der Waals surface area (Å²) in [6.07, 6.45) is 1.11. The minimum absolute atomic E-state index is 0.136. The smallest absolute Gasteiger partial charge is 0.356 e. The molecule has 128 valence electrons. The quantitative estimate of drug-likeness (QED) is 0.204. The van der Waals surface area contributed by atoms with Crippen molar-refractivity contribution in [2.24, 2.45) is 0 Å². The van der Waals surface area contributed by atoms with Crippen molar-refractivity contribution in [3.05, 3.63) is 12.7 Å². The van der Waals surface area contributed by atoms with Crippen molar-refractivity contribution in [2.45, 2.75) is 13.8 Å². The predicted molar refractivity (Wildman–Crippen MR) is 87.1 cm³/mol. The van der Waals surface area contributed by atoms with Crippen LogP contribution in [-0.2, 0) is 39.4 Å². The fourth-order valence-electron chi connectivity index (χ4n) is 1.41. The molecule has 0 fully saturated rings. The molecule has 6 nitrogen and oxygen atoms in total. The third-order valence-corrected chi connectivity index (χ3v) is 4.92. The van der Waals surface area contributed by atoms with E-state index in [2.05, 4.69) is 20.4 Å². The van der Waals surface area contributed by atoms with Gasteiger partial charge in [0.15, 0.2) is 0 Å². The van der Waals surface area contributed by atoms with E-state index >= 15 is 0 Å². The molecular formula is C15H27O6S+.